The predicted octanol–water partition coefficient (Wildman–Crippen LogP) is 12.7. The van der Waals surface area contributed by atoms with Crippen molar-refractivity contribution < 1.29 is 47.4 Å². The lowest BCUT2D eigenvalue weighted by molar-refractivity contribution is 0.167. The van der Waals surface area contributed by atoms with Crippen LogP contribution in [0.25, 0.3) is 0 Å². The van der Waals surface area contributed by atoms with Gasteiger partial charge in [0.2, 0.25) is 0 Å². The molecule has 0 unspecified atom stereocenters. The molecule has 0 radical (unpaired) electrons. The molecule has 10 nitrogen and oxygen atoms in total. The fourth-order valence-corrected chi connectivity index (χ4v) is 12.7. The van der Waals surface area contributed by atoms with E-state index >= 15 is 0 Å². The Morgan fingerprint density at radius 1 is 0.329 bits per heavy atom. The van der Waals surface area contributed by atoms with Gasteiger partial charge in [0, 0.05) is 138 Å². The molecule has 3 heterocycles. The first-order valence-electron chi connectivity index (χ1n) is 25.3. The van der Waals surface area contributed by atoms with Crippen molar-refractivity contribution in [1.82, 2.24) is 0 Å². The summed E-state index contributed by atoms with van der Waals surface area (Å²) in [7, 11) is 7.08. The number of hydrogen-bond acceptors (Lipinski definition) is 14. The smallest absolute Gasteiger partial charge is 0.126 e. The molecule has 4 aromatic carbocycles. The first-order chi connectivity index (χ1) is 34.4. The van der Waals surface area contributed by atoms with Crippen LogP contribution in [0.1, 0.15) is 122 Å². The number of thioether (sulfide) groups is 4. The second kappa shape index (κ2) is 28.2. The summed E-state index contributed by atoms with van der Waals surface area (Å²) < 4.78 is 65.3. The summed E-state index contributed by atoms with van der Waals surface area (Å²) in [5.41, 5.74) is 8.65. The monoisotopic (exact) mass is 1040 g/mol. The van der Waals surface area contributed by atoms with E-state index in [9.17, 15) is 0 Å². The third kappa shape index (κ3) is 13.2. The van der Waals surface area contributed by atoms with E-state index in [1.54, 1.807) is 28.4 Å². The van der Waals surface area contributed by atoms with Gasteiger partial charge in [-0.15, -0.1) is 0 Å². The van der Waals surface area contributed by atoms with Crippen LogP contribution in [0, 0.1) is 0 Å². The maximum atomic E-state index is 6.89. The van der Waals surface area contributed by atoms with Crippen molar-refractivity contribution in [2.24, 2.45) is 0 Å². The minimum absolute atomic E-state index is 0.113. The second-order valence-electron chi connectivity index (χ2n) is 17.4. The molecule has 0 saturated heterocycles. The van der Waals surface area contributed by atoms with Gasteiger partial charge in [0.15, 0.2) is 0 Å². The molecule has 0 aromatic heterocycles. The summed E-state index contributed by atoms with van der Waals surface area (Å²) in [6, 6.07) is 17.9. The van der Waals surface area contributed by atoms with Crippen LogP contribution in [-0.2, 0) is 9.47 Å². The zero-order valence-corrected chi connectivity index (χ0v) is 46.1. The zero-order chi connectivity index (χ0) is 49.2. The van der Waals surface area contributed by atoms with E-state index in [1.165, 1.54) is 0 Å². The summed E-state index contributed by atoms with van der Waals surface area (Å²) >= 11 is 7.41. The Kier molecular flexibility index (Phi) is 21.9. The van der Waals surface area contributed by atoms with Crippen LogP contribution >= 0.6 is 47.0 Å². The maximum Gasteiger partial charge on any atom is 0.126 e. The highest BCUT2D eigenvalue weighted by Gasteiger charge is 2.34. The van der Waals surface area contributed by atoms with Gasteiger partial charge in [-0.25, -0.2) is 0 Å². The first kappa shape index (κ1) is 54.4. The molecule has 14 heteroatoms. The topological polar surface area (TPSA) is 92.3 Å². The normalized spacial score (nSPS) is 21.1. The Morgan fingerprint density at radius 2 is 0.543 bits per heavy atom. The molecular formula is C56H76O10S4. The highest BCUT2D eigenvalue weighted by Crippen LogP contribution is 2.53. The van der Waals surface area contributed by atoms with Gasteiger partial charge in [-0.2, -0.15) is 47.0 Å². The van der Waals surface area contributed by atoms with E-state index in [1.807, 2.05) is 47.0 Å². The van der Waals surface area contributed by atoms with Crippen LogP contribution in [0.2, 0.25) is 0 Å². The van der Waals surface area contributed by atoms with Crippen molar-refractivity contribution >= 4 is 47.0 Å². The quantitative estimate of drug-likeness (QED) is 0.168. The largest absolute Gasteiger partial charge is 0.496 e. The summed E-state index contributed by atoms with van der Waals surface area (Å²) in [5.74, 6) is 12.8. The number of rotatable bonds is 8. The minimum Gasteiger partial charge on any atom is -0.496 e. The lowest BCUT2D eigenvalue weighted by Crippen LogP contribution is -2.16. The molecule has 0 N–H and O–H groups in total. The van der Waals surface area contributed by atoms with Gasteiger partial charge >= 0.3 is 0 Å². The number of methoxy groups -OCH3 is 4. The molecule has 4 aliphatic rings. The molecule has 0 saturated carbocycles. The van der Waals surface area contributed by atoms with Gasteiger partial charge in [0.25, 0.3) is 0 Å². The summed E-state index contributed by atoms with van der Waals surface area (Å²) in [4.78, 5) is 0. The van der Waals surface area contributed by atoms with E-state index in [-0.39, 0.29) is 23.7 Å². The van der Waals surface area contributed by atoms with E-state index in [2.05, 4.69) is 76.2 Å². The van der Waals surface area contributed by atoms with Crippen molar-refractivity contribution in [1.29, 1.82) is 0 Å². The molecule has 0 amide bonds. The van der Waals surface area contributed by atoms with E-state index < -0.39 is 0 Å². The van der Waals surface area contributed by atoms with Crippen molar-refractivity contribution in [2.45, 2.75) is 77.0 Å². The fraction of sp³-hybridized carbons (Fsp3) is 0.571. The Labute approximate surface area is 435 Å². The highest BCUT2D eigenvalue weighted by atomic mass is 32.2. The van der Waals surface area contributed by atoms with Crippen molar-refractivity contribution in [3.05, 3.63) is 93.0 Å². The van der Waals surface area contributed by atoms with Crippen molar-refractivity contribution in [3.8, 4) is 46.0 Å². The molecule has 8 rings (SSSR count). The summed E-state index contributed by atoms with van der Waals surface area (Å²) in [6.07, 6.45) is 3.14. The summed E-state index contributed by atoms with van der Waals surface area (Å²) in [6.45, 7) is 14.0. The fourth-order valence-electron chi connectivity index (χ4n) is 10.1. The van der Waals surface area contributed by atoms with Crippen LogP contribution in [-0.4, -0.2) is 127 Å². The predicted molar refractivity (Wildman–Crippen MR) is 293 cm³/mol. The number of hydrogen-bond donors (Lipinski definition) is 0. The number of benzene rings is 4. The Hall–Kier alpha value is -3.40. The van der Waals surface area contributed by atoms with Crippen LogP contribution in [0.5, 0.6) is 46.0 Å². The van der Waals surface area contributed by atoms with E-state index in [0.717, 1.165) is 162 Å². The van der Waals surface area contributed by atoms with Crippen LogP contribution in [0.4, 0.5) is 0 Å². The molecule has 10 bridgehead atoms. The van der Waals surface area contributed by atoms with Gasteiger partial charge in [-0.1, -0.05) is 27.7 Å². The molecule has 4 aromatic rings. The van der Waals surface area contributed by atoms with Gasteiger partial charge in [-0.05, 0) is 49.9 Å². The zero-order valence-electron chi connectivity index (χ0n) is 42.8. The maximum absolute atomic E-state index is 6.89. The van der Waals surface area contributed by atoms with Crippen LogP contribution < -0.4 is 37.9 Å². The molecule has 1 aliphatic carbocycles. The third-order valence-corrected chi connectivity index (χ3v) is 17.2. The Bertz CT molecular complexity index is 2100. The number of ether oxygens (including phenoxy) is 10. The van der Waals surface area contributed by atoms with E-state index in [4.69, 9.17) is 47.4 Å². The third-order valence-electron chi connectivity index (χ3n) is 13.5. The second-order valence-corrected chi connectivity index (χ2v) is 22.3. The van der Waals surface area contributed by atoms with Crippen LogP contribution in [0.15, 0.2) is 48.5 Å². The molecular weight excluding hydrogens is 961 g/mol. The first-order valence-corrected chi connectivity index (χ1v) is 29.9. The van der Waals surface area contributed by atoms with Crippen molar-refractivity contribution in [3.63, 3.8) is 0 Å². The highest BCUT2D eigenvalue weighted by molar-refractivity contribution is 7.99. The van der Waals surface area contributed by atoms with Crippen molar-refractivity contribution in [2.75, 3.05) is 127 Å². The van der Waals surface area contributed by atoms with Gasteiger partial charge < -0.3 is 47.4 Å². The van der Waals surface area contributed by atoms with E-state index in [0.29, 0.717) is 52.9 Å². The molecule has 70 heavy (non-hydrogen) atoms. The molecule has 3 aliphatic heterocycles. The lowest BCUT2D eigenvalue weighted by atomic mass is 9.77. The standard InChI is InChI=1S/C56H76O10S4/c1-9-37-41-29-47-40(12-4)44-32-46-38(10-2)42-30-48(56(34-50(42)58-6)66-20-28-70-24-16-62-14-22-68-26-18-64-54(46)36-52(44)60-8)39(11-3)43-31-45(37)53(35-51(43)59-7)63-17-25-67-21-13-61-15-23-69-27-19-65-55(47)33-49(41)57-5/h29-40H,9-28H2,1-8H3/t37-,38-,39-,40-/m1/s1. The van der Waals surface area contributed by atoms with Gasteiger partial charge in [0.1, 0.15) is 46.0 Å². The molecule has 0 spiro atoms. The Balaban J connectivity index is 1.58. The van der Waals surface area contributed by atoms with Crippen LogP contribution in [0.3, 0.4) is 0 Å². The molecule has 0 fully saturated rings. The minimum atomic E-state index is -0.118. The average Bonchev–Trinajstić information content (AvgIpc) is 3.38. The lowest BCUT2D eigenvalue weighted by Gasteiger charge is -2.31. The molecule has 4 atom stereocenters. The van der Waals surface area contributed by atoms with Gasteiger partial charge in [-0.3, -0.25) is 0 Å². The van der Waals surface area contributed by atoms with Gasteiger partial charge in [0.05, 0.1) is 81.3 Å². The average molecular weight is 1040 g/mol. The SMILES string of the molecule is CC[C@@H]1c2cc3c(cc2OC)OCCSCCOCCSCCOc2cc(OC)c(cc21)[C@@H](CC)c1cc2c(OC)cc1OCCSCCOCCSCCOc1cc(OC)c(cc1[C@@H]2CC)[C@H]3CC. The molecule has 384 valence electrons. The Morgan fingerprint density at radius 3 is 0.743 bits per heavy atom. The number of fused-ring (bicyclic) bond motifs is 15. The summed E-state index contributed by atoms with van der Waals surface area (Å²) in [5, 5.41) is 0.